The molecule has 1 saturated heterocycles. The van der Waals surface area contributed by atoms with E-state index in [9.17, 15) is 4.79 Å². The Morgan fingerprint density at radius 2 is 1.74 bits per heavy atom. The predicted octanol–water partition coefficient (Wildman–Crippen LogP) is 2.07. The van der Waals surface area contributed by atoms with Crippen molar-refractivity contribution in [3.63, 3.8) is 0 Å². The fourth-order valence-corrected chi connectivity index (χ4v) is 5.72. The minimum atomic E-state index is 0.0351. The van der Waals surface area contributed by atoms with Crippen molar-refractivity contribution in [1.29, 1.82) is 0 Å². The Morgan fingerprint density at radius 1 is 1.11 bits per heavy atom. The van der Waals surface area contributed by atoms with Gasteiger partial charge in [-0.3, -0.25) is 4.79 Å². The molecule has 1 atom stereocenters. The second kappa shape index (κ2) is 4.47. The van der Waals surface area contributed by atoms with Gasteiger partial charge in [-0.05, 0) is 75.7 Å². The van der Waals surface area contributed by atoms with Crippen molar-refractivity contribution in [3.05, 3.63) is 0 Å². The van der Waals surface area contributed by atoms with Crippen LogP contribution in [-0.2, 0) is 4.79 Å². The first-order chi connectivity index (χ1) is 9.23. The van der Waals surface area contributed by atoms with E-state index in [4.69, 9.17) is 0 Å². The average molecular weight is 262 g/mol. The number of hydrogen-bond donors (Lipinski definition) is 2. The summed E-state index contributed by atoms with van der Waals surface area (Å²) in [5.74, 6) is 2.98. The van der Waals surface area contributed by atoms with Crippen molar-refractivity contribution < 1.29 is 4.79 Å². The van der Waals surface area contributed by atoms with Crippen LogP contribution in [0.2, 0.25) is 0 Å². The van der Waals surface area contributed by atoms with Gasteiger partial charge in [-0.25, -0.2) is 0 Å². The first kappa shape index (κ1) is 12.2. The molecule has 1 unspecified atom stereocenters. The molecule has 3 nitrogen and oxygen atoms in total. The smallest absolute Gasteiger partial charge is 0.226 e. The Hall–Kier alpha value is -0.570. The van der Waals surface area contributed by atoms with Crippen molar-refractivity contribution in [3.8, 4) is 0 Å². The number of hydrogen-bond acceptors (Lipinski definition) is 2. The van der Waals surface area contributed by atoms with Gasteiger partial charge in [0.05, 0.1) is 0 Å². The van der Waals surface area contributed by atoms with E-state index in [1.54, 1.807) is 0 Å². The van der Waals surface area contributed by atoms with E-state index < -0.39 is 0 Å². The molecule has 4 saturated carbocycles. The van der Waals surface area contributed by atoms with E-state index in [2.05, 4.69) is 10.6 Å². The summed E-state index contributed by atoms with van der Waals surface area (Å²) in [6.45, 7) is 1.97. The Morgan fingerprint density at radius 3 is 2.26 bits per heavy atom. The summed E-state index contributed by atoms with van der Waals surface area (Å²) in [7, 11) is 0. The van der Waals surface area contributed by atoms with Gasteiger partial charge in [0, 0.05) is 18.0 Å². The predicted molar refractivity (Wildman–Crippen MR) is 74.6 cm³/mol. The van der Waals surface area contributed by atoms with Crippen LogP contribution in [0.15, 0.2) is 0 Å². The first-order valence-corrected chi connectivity index (χ1v) is 8.25. The molecule has 2 N–H and O–H groups in total. The second-order valence-electron chi connectivity index (χ2n) is 7.70. The molecule has 19 heavy (non-hydrogen) atoms. The lowest BCUT2D eigenvalue weighted by atomic mass is 9.49. The van der Waals surface area contributed by atoms with E-state index in [1.165, 1.54) is 51.4 Å². The minimum absolute atomic E-state index is 0.0351. The number of amides is 1. The lowest BCUT2D eigenvalue weighted by Gasteiger charge is -2.55. The number of carbonyl (C=O) groups excluding carboxylic acids is 1. The van der Waals surface area contributed by atoms with Crippen LogP contribution < -0.4 is 10.6 Å². The molecular weight excluding hydrogens is 236 g/mol. The van der Waals surface area contributed by atoms with E-state index in [-0.39, 0.29) is 5.41 Å². The van der Waals surface area contributed by atoms with E-state index in [0.717, 1.165) is 30.8 Å². The van der Waals surface area contributed by atoms with Crippen LogP contribution in [0.1, 0.15) is 51.4 Å². The molecule has 0 aromatic carbocycles. The molecule has 106 valence electrons. The number of rotatable bonds is 3. The molecule has 5 rings (SSSR count). The van der Waals surface area contributed by atoms with Crippen LogP contribution in [0.5, 0.6) is 0 Å². The number of nitrogens with one attached hydrogen (secondary N) is 2. The summed E-state index contributed by atoms with van der Waals surface area (Å²) in [5, 5.41) is 6.75. The van der Waals surface area contributed by atoms with Gasteiger partial charge in [0.2, 0.25) is 5.91 Å². The Labute approximate surface area is 115 Å². The third-order valence-electron chi connectivity index (χ3n) is 6.19. The highest BCUT2D eigenvalue weighted by atomic mass is 16.2. The van der Waals surface area contributed by atoms with Crippen LogP contribution >= 0.6 is 0 Å². The molecule has 0 spiro atoms. The van der Waals surface area contributed by atoms with Crippen molar-refractivity contribution in [2.75, 3.05) is 13.1 Å². The van der Waals surface area contributed by atoms with Gasteiger partial charge in [0.1, 0.15) is 0 Å². The van der Waals surface area contributed by atoms with Crippen molar-refractivity contribution in [2.24, 2.45) is 23.2 Å². The van der Waals surface area contributed by atoms with Gasteiger partial charge in [-0.1, -0.05) is 0 Å². The van der Waals surface area contributed by atoms with Crippen molar-refractivity contribution in [2.45, 2.75) is 57.4 Å². The third kappa shape index (κ3) is 2.10. The fourth-order valence-electron chi connectivity index (χ4n) is 5.72. The zero-order valence-electron chi connectivity index (χ0n) is 11.8. The number of carbonyl (C=O) groups is 1. The summed E-state index contributed by atoms with van der Waals surface area (Å²) < 4.78 is 0. The summed E-state index contributed by atoms with van der Waals surface area (Å²) in [5.41, 5.74) is 0.0351. The van der Waals surface area contributed by atoms with Crippen LogP contribution in [0, 0.1) is 23.2 Å². The average Bonchev–Trinajstić information content (AvgIpc) is 2.87. The zero-order valence-corrected chi connectivity index (χ0v) is 11.8. The van der Waals surface area contributed by atoms with E-state index in [0.29, 0.717) is 11.9 Å². The topological polar surface area (TPSA) is 41.1 Å². The quantitative estimate of drug-likeness (QED) is 0.817. The SMILES string of the molecule is O=C(NCC1CCCN1)C12CC3CC(CC(C3)C1)C2. The maximum Gasteiger partial charge on any atom is 0.226 e. The van der Waals surface area contributed by atoms with Gasteiger partial charge in [-0.2, -0.15) is 0 Å². The second-order valence-corrected chi connectivity index (χ2v) is 7.70. The van der Waals surface area contributed by atoms with Crippen LogP contribution in [0.3, 0.4) is 0 Å². The molecule has 1 heterocycles. The van der Waals surface area contributed by atoms with Crippen LogP contribution in [0.4, 0.5) is 0 Å². The van der Waals surface area contributed by atoms with Gasteiger partial charge in [-0.15, -0.1) is 0 Å². The van der Waals surface area contributed by atoms with Crippen molar-refractivity contribution in [1.82, 2.24) is 10.6 Å². The maximum atomic E-state index is 12.7. The monoisotopic (exact) mass is 262 g/mol. The molecule has 0 radical (unpaired) electrons. The van der Waals surface area contributed by atoms with E-state index in [1.807, 2.05) is 0 Å². The molecular formula is C16H26N2O. The van der Waals surface area contributed by atoms with Gasteiger partial charge < -0.3 is 10.6 Å². The molecule has 4 bridgehead atoms. The molecule has 4 aliphatic carbocycles. The molecule has 5 aliphatic rings. The summed E-state index contributed by atoms with van der Waals surface area (Å²) in [4.78, 5) is 12.7. The lowest BCUT2D eigenvalue weighted by molar-refractivity contribution is -0.146. The molecule has 1 amide bonds. The normalized spacial score (nSPS) is 47.6. The fraction of sp³-hybridized carbons (Fsp3) is 0.938. The lowest BCUT2D eigenvalue weighted by Crippen LogP contribution is -2.54. The highest BCUT2D eigenvalue weighted by molar-refractivity contribution is 5.83. The first-order valence-electron chi connectivity index (χ1n) is 8.25. The van der Waals surface area contributed by atoms with Crippen molar-refractivity contribution >= 4 is 5.91 Å². The van der Waals surface area contributed by atoms with Gasteiger partial charge in [0.15, 0.2) is 0 Å². The summed E-state index contributed by atoms with van der Waals surface area (Å²) in [6.07, 6.45) is 10.3. The molecule has 0 aromatic rings. The van der Waals surface area contributed by atoms with Crippen LogP contribution in [0.25, 0.3) is 0 Å². The Bertz CT molecular complexity index is 338. The molecule has 0 aromatic heterocycles. The third-order valence-corrected chi connectivity index (χ3v) is 6.19. The molecule has 3 heteroatoms. The standard InChI is InChI=1S/C16H26N2O/c19-15(18-10-14-2-1-3-17-14)16-7-11-4-12(8-16)6-13(5-11)9-16/h11-14,17H,1-10H2,(H,18,19). The zero-order chi connectivity index (χ0) is 12.9. The van der Waals surface area contributed by atoms with E-state index >= 15 is 0 Å². The Kier molecular flexibility index (Phi) is 2.87. The molecule has 5 fully saturated rings. The molecule has 1 aliphatic heterocycles. The highest BCUT2D eigenvalue weighted by Crippen LogP contribution is 2.60. The minimum Gasteiger partial charge on any atom is -0.354 e. The van der Waals surface area contributed by atoms with Crippen LogP contribution in [-0.4, -0.2) is 25.0 Å². The van der Waals surface area contributed by atoms with Gasteiger partial charge >= 0.3 is 0 Å². The summed E-state index contributed by atoms with van der Waals surface area (Å²) in [6, 6.07) is 0.526. The van der Waals surface area contributed by atoms with Gasteiger partial charge in [0.25, 0.3) is 0 Å². The Balaban J connectivity index is 1.41. The summed E-state index contributed by atoms with van der Waals surface area (Å²) >= 11 is 0. The highest BCUT2D eigenvalue weighted by Gasteiger charge is 2.54. The largest absolute Gasteiger partial charge is 0.354 e. The maximum absolute atomic E-state index is 12.7.